The summed E-state index contributed by atoms with van der Waals surface area (Å²) >= 11 is 0. The van der Waals surface area contributed by atoms with Crippen LogP contribution in [0.5, 0.6) is 5.75 Å². The predicted molar refractivity (Wildman–Crippen MR) is 73.2 cm³/mol. The third kappa shape index (κ3) is 2.08. The third-order valence-corrected chi connectivity index (χ3v) is 2.87. The lowest BCUT2D eigenvalue weighted by atomic mass is 10.2. The molecule has 0 saturated carbocycles. The van der Waals surface area contributed by atoms with Gasteiger partial charge < -0.3 is 14.3 Å². The molecule has 0 unspecified atom stereocenters. The molecule has 21 heavy (non-hydrogen) atoms. The summed E-state index contributed by atoms with van der Waals surface area (Å²) < 4.78 is 9.72. The largest absolute Gasteiger partial charge is 0.501 e. The molecule has 1 aromatic carbocycles. The number of hydrogen-bond acceptors (Lipinski definition) is 7. The molecule has 0 aliphatic rings. The van der Waals surface area contributed by atoms with E-state index in [0.29, 0.717) is 11.0 Å². The quantitative estimate of drug-likeness (QED) is 0.564. The van der Waals surface area contributed by atoms with Crippen molar-refractivity contribution in [2.24, 2.45) is 0 Å². The fourth-order valence-electron chi connectivity index (χ4n) is 1.96. The minimum atomic E-state index is -1.06. The predicted octanol–water partition coefficient (Wildman–Crippen LogP) is 1.62. The number of aromatic hydroxyl groups is 1. The van der Waals surface area contributed by atoms with Crippen molar-refractivity contribution in [2.45, 2.75) is 6.92 Å². The number of aromatic nitrogens is 2. The maximum atomic E-state index is 11.9. The normalized spacial score (nSPS) is 10.9. The molecule has 0 amide bonds. The van der Waals surface area contributed by atoms with Crippen LogP contribution in [0.2, 0.25) is 0 Å². The van der Waals surface area contributed by atoms with Gasteiger partial charge in [0.05, 0.1) is 17.6 Å². The molecule has 2 heterocycles. The minimum absolute atomic E-state index is 0.00995. The summed E-state index contributed by atoms with van der Waals surface area (Å²) in [7, 11) is 0. The van der Waals surface area contributed by atoms with Crippen LogP contribution in [0.4, 0.5) is 0 Å². The van der Waals surface area contributed by atoms with E-state index in [0.717, 1.165) is 0 Å². The molecule has 2 aromatic heterocycles. The highest BCUT2D eigenvalue weighted by atomic mass is 16.5. The lowest BCUT2D eigenvalue weighted by Gasteiger charge is -2.06. The lowest BCUT2D eigenvalue weighted by molar-refractivity contribution is 0.0524. The van der Waals surface area contributed by atoms with E-state index in [9.17, 15) is 14.7 Å². The van der Waals surface area contributed by atoms with Gasteiger partial charge in [0.25, 0.3) is 5.71 Å². The Bertz CT molecular complexity index is 916. The summed E-state index contributed by atoms with van der Waals surface area (Å²) in [5.41, 5.74) is -0.516. The van der Waals surface area contributed by atoms with Gasteiger partial charge in [0.2, 0.25) is 5.75 Å². The van der Waals surface area contributed by atoms with Crippen LogP contribution < -0.4 is 5.63 Å². The van der Waals surface area contributed by atoms with E-state index < -0.39 is 17.3 Å². The summed E-state index contributed by atoms with van der Waals surface area (Å²) in [6.45, 7) is 1.71. The van der Waals surface area contributed by atoms with Crippen molar-refractivity contribution < 1.29 is 19.1 Å². The van der Waals surface area contributed by atoms with Crippen molar-refractivity contribution >= 4 is 28.2 Å². The van der Waals surface area contributed by atoms with Crippen LogP contribution in [0.15, 0.2) is 33.5 Å². The van der Waals surface area contributed by atoms with Crippen LogP contribution in [0.1, 0.15) is 17.3 Å². The Kier molecular flexibility index (Phi) is 3.02. The smallest absolute Gasteiger partial charge is 0.381 e. The zero-order valence-corrected chi connectivity index (χ0v) is 11.0. The van der Waals surface area contributed by atoms with Gasteiger partial charge in [-0.15, -0.1) is 0 Å². The highest BCUT2D eigenvalue weighted by molar-refractivity contribution is 6.04. The summed E-state index contributed by atoms with van der Waals surface area (Å²) in [5.74, 6) is -1.68. The lowest BCUT2D eigenvalue weighted by Crippen LogP contribution is -2.12. The van der Waals surface area contributed by atoms with Crippen LogP contribution in [-0.2, 0) is 4.74 Å². The molecule has 1 N–H and O–H groups in total. The highest BCUT2D eigenvalue weighted by Crippen LogP contribution is 2.24. The van der Waals surface area contributed by atoms with Crippen molar-refractivity contribution in [1.82, 2.24) is 9.97 Å². The number of ether oxygens (including phenoxy) is 1. The number of rotatable bonds is 2. The molecule has 0 saturated heterocycles. The monoisotopic (exact) mass is 286 g/mol. The minimum Gasteiger partial charge on any atom is -0.501 e. The van der Waals surface area contributed by atoms with Crippen molar-refractivity contribution in [3.63, 3.8) is 0 Å². The summed E-state index contributed by atoms with van der Waals surface area (Å²) in [6, 6.07) is 6.90. The Labute approximate surface area is 117 Å². The van der Waals surface area contributed by atoms with Crippen molar-refractivity contribution in [1.29, 1.82) is 0 Å². The first kappa shape index (κ1) is 13.0. The molecule has 7 nitrogen and oxygen atoms in total. The molecule has 7 heteroatoms. The van der Waals surface area contributed by atoms with E-state index in [1.165, 1.54) is 0 Å². The van der Waals surface area contributed by atoms with Gasteiger partial charge in [-0.2, -0.15) is 0 Å². The van der Waals surface area contributed by atoms with E-state index in [1.807, 2.05) is 0 Å². The second kappa shape index (κ2) is 4.86. The molecule has 3 rings (SSSR count). The average molecular weight is 286 g/mol. The fourth-order valence-corrected chi connectivity index (χ4v) is 1.96. The Morgan fingerprint density at radius 3 is 2.62 bits per heavy atom. The highest BCUT2D eigenvalue weighted by Gasteiger charge is 2.23. The third-order valence-electron chi connectivity index (χ3n) is 2.87. The first-order valence-corrected chi connectivity index (χ1v) is 6.21. The van der Waals surface area contributed by atoms with Gasteiger partial charge in [-0.25, -0.2) is 19.6 Å². The van der Waals surface area contributed by atoms with Gasteiger partial charge in [-0.3, -0.25) is 0 Å². The first-order chi connectivity index (χ1) is 10.1. The van der Waals surface area contributed by atoms with E-state index in [-0.39, 0.29) is 23.4 Å². The summed E-state index contributed by atoms with van der Waals surface area (Å²) in [4.78, 5) is 31.9. The SMILES string of the molecule is CCOC(=O)c1c(O)c(=O)oc2nc3ccccc3nc12. The molecule has 0 aliphatic heterocycles. The Hall–Kier alpha value is -2.96. The molecule has 0 atom stereocenters. The van der Waals surface area contributed by atoms with Crippen LogP contribution in [0, 0.1) is 0 Å². The Morgan fingerprint density at radius 1 is 1.29 bits per heavy atom. The van der Waals surface area contributed by atoms with Crippen LogP contribution in [0.25, 0.3) is 22.3 Å². The zero-order valence-electron chi connectivity index (χ0n) is 11.0. The van der Waals surface area contributed by atoms with E-state index in [1.54, 1.807) is 31.2 Å². The molecule has 0 fully saturated rings. The Morgan fingerprint density at radius 2 is 1.95 bits per heavy atom. The molecule has 0 radical (unpaired) electrons. The average Bonchev–Trinajstić information content (AvgIpc) is 2.47. The number of hydrogen-bond donors (Lipinski definition) is 1. The molecular formula is C14H10N2O5. The number of benzene rings is 1. The molecule has 3 aromatic rings. The first-order valence-electron chi connectivity index (χ1n) is 6.21. The molecule has 106 valence electrons. The number of para-hydroxylation sites is 2. The van der Waals surface area contributed by atoms with Crippen molar-refractivity contribution in [2.75, 3.05) is 6.61 Å². The van der Waals surface area contributed by atoms with Crippen LogP contribution in [0.3, 0.4) is 0 Å². The van der Waals surface area contributed by atoms with Crippen LogP contribution in [-0.4, -0.2) is 27.7 Å². The maximum absolute atomic E-state index is 11.9. The second-order valence-corrected chi connectivity index (χ2v) is 4.20. The van der Waals surface area contributed by atoms with Gasteiger partial charge in [0.1, 0.15) is 11.1 Å². The number of carbonyl (C=O) groups excluding carboxylic acids is 1. The number of nitrogens with zero attached hydrogens (tertiary/aromatic N) is 2. The number of esters is 1. The fraction of sp³-hybridized carbons (Fsp3) is 0.143. The maximum Gasteiger partial charge on any atom is 0.381 e. The van der Waals surface area contributed by atoms with Gasteiger partial charge in [-0.05, 0) is 19.1 Å². The van der Waals surface area contributed by atoms with E-state index >= 15 is 0 Å². The van der Waals surface area contributed by atoms with Crippen LogP contribution >= 0.6 is 0 Å². The van der Waals surface area contributed by atoms with Gasteiger partial charge in [0.15, 0.2) is 0 Å². The Balaban J connectivity index is 2.43. The molecule has 0 aliphatic carbocycles. The van der Waals surface area contributed by atoms with Crippen molar-refractivity contribution in [3.8, 4) is 5.75 Å². The van der Waals surface area contributed by atoms with Gasteiger partial charge in [-0.1, -0.05) is 12.1 Å². The summed E-state index contributed by atoms with van der Waals surface area (Å²) in [6.07, 6.45) is 0. The van der Waals surface area contributed by atoms with E-state index in [2.05, 4.69) is 9.97 Å². The zero-order chi connectivity index (χ0) is 15.0. The van der Waals surface area contributed by atoms with Gasteiger partial charge >= 0.3 is 11.6 Å². The number of carbonyl (C=O) groups is 1. The topological polar surface area (TPSA) is 103 Å². The number of fused-ring (bicyclic) bond motifs is 2. The van der Waals surface area contributed by atoms with E-state index in [4.69, 9.17) is 9.15 Å². The van der Waals surface area contributed by atoms with Crippen molar-refractivity contribution in [3.05, 3.63) is 40.2 Å². The summed E-state index contributed by atoms with van der Waals surface area (Å²) in [5, 5.41) is 9.79. The molecule has 0 spiro atoms. The second-order valence-electron chi connectivity index (χ2n) is 4.20. The van der Waals surface area contributed by atoms with Gasteiger partial charge in [0, 0.05) is 0 Å². The molecule has 0 bridgehead atoms. The molecular weight excluding hydrogens is 276 g/mol. The standard InChI is InChI=1S/C14H10N2O5/c1-2-20-13(18)9-10-12(21-14(19)11(9)17)16-8-6-4-3-5-7(8)15-10/h3-6,17H,2H2,1H3.